The van der Waals surface area contributed by atoms with Gasteiger partial charge in [-0.15, -0.1) is 0 Å². The Morgan fingerprint density at radius 2 is 1.77 bits per heavy atom. The number of piperidine rings is 1. The van der Waals surface area contributed by atoms with E-state index in [4.69, 9.17) is 0 Å². The highest BCUT2D eigenvalue weighted by molar-refractivity contribution is 5.92. The lowest BCUT2D eigenvalue weighted by molar-refractivity contribution is -0.135. The molecule has 1 aromatic carbocycles. The number of hydrogen-bond donors (Lipinski definition) is 1. The molecular formula is C21H31N3O2. The molecule has 0 spiro atoms. The molecule has 1 N–H and O–H groups in total. The molecule has 0 aromatic heterocycles. The average molecular weight is 357 g/mol. The number of likely N-dealkylation sites (tertiary alicyclic amines) is 1. The van der Waals surface area contributed by atoms with Gasteiger partial charge in [0.1, 0.15) is 0 Å². The minimum absolute atomic E-state index is 0.0878. The SMILES string of the molecule is Cc1ccc(NC(=O)CN(C)CC(=O)N2CC[C@H]3CCCC[C@@H]3C2)cc1. The molecule has 0 bridgehead atoms. The van der Waals surface area contributed by atoms with Gasteiger partial charge in [0.25, 0.3) is 0 Å². The number of hydrogen-bond acceptors (Lipinski definition) is 3. The summed E-state index contributed by atoms with van der Waals surface area (Å²) in [6.45, 7) is 4.33. The van der Waals surface area contributed by atoms with Gasteiger partial charge in [-0.25, -0.2) is 0 Å². The number of aryl methyl sites for hydroxylation is 1. The second kappa shape index (κ2) is 8.67. The van der Waals surface area contributed by atoms with Crippen LogP contribution in [0.4, 0.5) is 5.69 Å². The van der Waals surface area contributed by atoms with Crippen molar-refractivity contribution in [3.05, 3.63) is 29.8 Å². The van der Waals surface area contributed by atoms with Gasteiger partial charge in [-0.2, -0.15) is 0 Å². The molecule has 1 saturated heterocycles. The fraction of sp³-hybridized carbons (Fsp3) is 0.619. The van der Waals surface area contributed by atoms with Gasteiger partial charge < -0.3 is 10.2 Å². The Morgan fingerprint density at radius 3 is 2.50 bits per heavy atom. The number of likely N-dealkylation sites (N-methyl/N-ethyl adjacent to an activating group) is 1. The zero-order chi connectivity index (χ0) is 18.5. The number of anilines is 1. The first-order chi connectivity index (χ1) is 12.5. The molecule has 1 saturated carbocycles. The van der Waals surface area contributed by atoms with Gasteiger partial charge in [0.05, 0.1) is 13.1 Å². The van der Waals surface area contributed by atoms with Crippen LogP contribution in [-0.2, 0) is 9.59 Å². The van der Waals surface area contributed by atoms with Gasteiger partial charge in [0, 0.05) is 18.8 Å². The Morgan fingerprint density at radius 1 is 1.08 bits per heavy atom. The summed E-state index contributed by atoms with van der Waals surface area (Å²) in [5.41, 5.74) is 1.95. The molecule has 2 atom stereocenters. The summed E-state index contributed by atoms with van der Waals surface area (Å²) >= 11 is 0. The van der Waals surface area contributed by atoms with Crippen molar-refractivity contribution in [2.45, 2.75) is 39.0 Å². The zero-order valence-electron chi connectivity index (χ0n) is 16.0. The quantitative estimate of drug-likeness (QED) is 0.882. The van der Waals surface area contributed by atoms with Crippen molar-refractivity contribution in [2.75, 3.05) is 38.5 Å². The lowest BCUT2D eigenvalue weighted by Gasteiger charge is -2.41. The summed E-state index contributed by atoms with van der Waals surface area (Å²) in [5, 5.41) is 2.88. The number of carbonyl (C=O) groups excluding carboxylic acids is 2. The maximum atomic E-state index is 12.6. The van der Waals surface area contributed by atoms with Crippen LogP contribution < -0.4 is 5.32 Å². The number of rotatable bonds is 5. The highest BCUT2D eigenvalue weighted by atomic mass is 16.2. The molecule has 1 aliphatic carbocycles. The topological polar surface area (TPSA) is 52.7 Å². The van der Waals surface area contributed by atoms with Crippen molar-refractivity contribution in [1.82, 2.24) is 9.80 Å². The highest BCUT2D eigenvalue weighted by Gasteiger charge is 2.33. The largest absolute Gasteiger partial charge is 0.341 e. The summed E-state index contributed by atoms with van der Waals surface area (Å²) in [4.78, 5) is 28.6. The van der Waals surface area contributed by atoms with Crippen molar-refractivity contribution in [3.63, 3.8) is 0 Å². The number of fused-ring (bicyclic) bond motifs is 1. The number of benzene rings is 1. The number of nitrogens with zero attached hydrogens (tertiary/aromatic N) is 2. The van der Waals surface area contributed by atoms with E-state index in [1.807, 2.05) is 43.1 Å². The van der Waals surface area contributed by atoms with Crippen molar-refractivity contribution in [3.8, 4) is 0 Å². The monoisotopic (exact) mass is 357 g/mol. The van der Waals surface area contributed by atoms with E-state index in [-0.39, 0.29) is 18.4 Å². The third-order valence-electron chi connectivity index (χ3n) is 5.80. The van der Waals surface area contributed by atoms with Crippen molar-refractivity contribution < 1.29 is 9.59 Å². The Hall–Kier alpha value is -1.88. The van der Waals surface area contributed by atoms with E-state index in [1.165, 1.54) is 25.7 Å². The fourth-order valence-electron chi connectivity index (χ4n) is 4.30. The molecule has 5 nitrogen and oxygen atoms in total. The Bertz CT molecular complexity index is 629. The molecular weight excluding hydrogens is 326 g/mol. The van der Waals surface area contributed by atoms with Crippen LogP contribution in [0, 0.1) is 18.8 Å². The molecule has 1 heterocycles. The molecule has 142 valence electrons. The summed E-state index contributed by atoms with van der Waals surface area (Å²) in [6, 6.07) is 7.73. The number of nitrogens with one attached hydrogen (secondary N) is 1. The zero-order valence-corrected chi connectivity index (χ0v) is 16.0. The van der Waals surface area contributed by atoms with Crippen molar-refractivity contribution in [2.24, 2.45) is 11.8 Å². The Labute approximate surface area is 156 Å². The first-order valence-corrected chi connectivity index (χ1v) is 9.84. The van der Waals surface area contributed by atoms with E-state index in [9.17, 15) is 9.59 Å². The Kier molecular flexibility index (Phi) is 6.30. The lowest BCUT2D eigenvalue weighted by atomic mass is 9.75. The smallest absolute Gasteiger partial charge is 0.238 e. The van der Waals surface area contributed by atoms with E-state index < -0.39 is 0 Å². The molecule has 26 heavy (non-hydrogen) atoms. The van der Waals surface area contributed by atoms with E-state index in [1.54, 1.807) is 4.90 Å². The van der Waals surface area contributed by atoms with Gasteiger partial charge in [0.15, 0.2) is 0 Å². The third-order valence-corrected chi connectivity index (χ3v) is 5.80. The van der Waals surface area contributed by atoms with Gasteiger partial charge >= 0.3 is 0 Å². The van der Waals surface area contributed by atoms with Gasteiger partial charge in [-0.1, -0.05) is 37.0 Å². The molecule has 5 heteroatoms. The van der Waals surface area contributed by atoms with Crippen molar-refractivity contribution >= 4 is 17.5 Å². The fourth-order valence-corrected chi connectivity index (χ4v) is 4.30. The lowest BCUT2D eigenvalue weighted by Crippen LogP contribution is -2.48. The average Bonchev–Trinajstić information content (AvgIpc) is 2.63. The summed E-state index contributed by atoms with van der Waals surface area (Å²) < 4.78 is 0. The van der Waals surface area contributed by atoms with Gasteiger partial charge in [0.2, 0.25) is 11.8 Å². The standard InChI is InChI=1S/C21H31N3O2/c1-16-7-9-19(10-8-16)22-20(25)14-23(2)15-21(26)24-12-11-17-5-3-4-6-18(17)13-24/h7-10,17-18H,3-6,11-15H2,1-2H3,(H,22,25)/t17-,18-/m1/s1. The number of carbonyl (C=O) groups is 2. The summed E-state index contributed by atoms with van der Waals surface area (Å²) in [7, 11) is 1.83. The predicted molar refractivity (Wildman–Crippen MR) is 104 cm³/mol. The predicted octanol–water partition coefficient (Wildman–Crippen LogP) is 2.90. The van der Waals surface area contributed by atoms with Crippen LogP contribution in [0.25, 0.3) is 0 Å². The van der Waals surface area contributed by atoms with Crippen LogP contribution in [0.2, 0.25) is 0 Å². The highest BCUT2D eigenvalue weighted by Crippen LogP contribution is 2.36. The summed E-state index contributed by atoms with van der Waals surface area (Å²) in [6.07, 6.45) is 6.42. The second-order valence-electron chi connectivity index (χ2n) is 8.02. The minimum atomic E-state index is -0.0878. The molecule has 3 rings (SSSR count). The van der Waals surface area contributed by atoms with Crippen LogP contribution in [0.3, 0.4) is 0 Å². The van der Waals surface area contributed by atoms with E-state index in [2.05, 4.69) is 5.32 Å². The van der Waals surface area contributed by atoms with Crippen molar-refractivity contribution in [1.29, 1.82) is 0 Å². The number of amides is 2. The molecule has 0 unspecified atom stereocenters. The van der Waals surface area contributed by atoms with Crippen LogP contribution in [0.15, 0.2) is 24.3 Å². The Balaban J connectivity index is 1.43. The van der Waals surface area contributed by atoms with Crippen LogP contribution in [-0.4, -0.2) is 54.8 Å². The first-order valence-electron chi connectivity index (χ1n) is 9.84. The maximum absolute atomic E-state index is 12.6. The normalized spacial score (nSPS) is 22.8. The van der Waals surface area contributed by atoms with E-state index in [0.717, 1.165) is 36.7 Å². The molecule has 0 radical (unpaired) electrons. The second-order valence-corrected chi connectivity index (χ2v) is 8.02. The van der Waals surface area contributed by atoms with Crippen LogP contribution >= 0.6 is 0 Å². The molecule has 1 aromatic rings. The van der Waals surface area contributed by atoms with E-state index >= 15 is 0 Å². The molecule has 1 aliphatic heterocycles. The molecule has 2 fully saturated rings. The van der Waals surface area contributed by atoms with Crippen LogP contribution in [0.1, 0.15) is 37.7 Å². The third kappa shape index (κ3) is 5.07. The molecule has 2 aliphatic rings. The molecule has 2 amide bonds. The van der Waals surface area contributed by atoms with Crippen LogP contribution in [0.5, 0.6) is 0 Å². The minimum Gasteiger partial charge on any atom is -0.341 e. The maximum Gasteiger partial charge on any atom is 0.238 e. The van der Waals surface area contributed by atoms with Gasteiger partial charge in [-0.05, 0) is 50.8 Å². The van der Waals surface area contributed by atoms with Gasteiger partial charge in [-0.3, -0.25) is 14.5 Å². The summed E-state index contributed by atoms with van der Waals surface area (Å²) in [5.74, 6) is 1.58. The van der Waals surface area contributed by atoms with E-state index in [0.29, 0.717) is 12.5 Å². The first kappa shape index (κ1) is 18.9.